The van der Waals surface area contributed by atoms with Gasteiger partial charge >= 0.3 is 0 Å². The summed E-state index contributed by atoms with van der Waals surface area (Å²) in [6, 6.07) is 9.12. The summed E-state index contributed by atoms with van der Waals surface area (Å²) in [6.07, 6.45) is 2.44. The highest BCUT2D eigenvalue weighted by Gasteiger charge is 2.29. The van der Waals surface area contributed by atoms with Crippen LogP contribution >= 0.6 is 45.2 Å². The van der Waals surface area contributed by atoms with Gasteiger partial charge in [-0.1, -0.05) is 27.7 Å². The molecule has 0 spiro atoms. The molecule has 2 nitrogen and oxygen atoms in total. The Bertz CT molecular complexity index is 811. The number of nitrogens with one attached hydrogen (secondary N) is 2. The van der Waals surface area contributed by atoms with E-state index in [0.29, 0.717) is 10.8 Å². The van der Waals surface area contributed by atoms with Crippen LogP contribution in [0.4, 0.5) is 11.4 Å². The second-order valence-electron chi connectivity index (χ2n) is 9.41. The maximum Gasteiger partial charge on any atom is 0.0408 e. The lowest BCUT2D eigenvalue weighted by Gasteiger charge is -2.34. The first-order chi connectivity index (χ1) is 13.0. The Balaban J connectivity index is 0.000000161. The summed E-state index contributed by atoms with van der Waals surface area (Å²) in [5.74, 6) is 0. The normalized spacial score (nSPS) is 18.6. The molecule has 4 rings (SSSR count). The van der Waals surface area contributed by atoms with Gasteiger partial charge in [0, 0.05) is 31.6 Å². The van der Waals surface area contributed by atoms with Gasteiger partial charge in [0.15, 0.2) is 0 Å². The van der Waals surface area contributed by atoms with E-state index < -0.39 is 0 Å². The lowest BCUT2D eigenvalue weighted by atomic mass is 9.77. The Labute approximate surface area is 197 Å². The highest BCUT2D eigenvalue weighted by molar-refractivity contribution is 14.1. The second-order valence-corrected chi connectivity index (χ2v) is 11.9. The number of rotatable bonds is 0. The number of anilines is 2. The van der Waals surface area contributed by atoms with E-state index in [0.717, 1.165) is 13.1 Å². The highest BCUT2D eigenvalue weighted by atomic mass is 127. The monoisotopic (exact) mass is 602 g/mol. The molecule has 0 aromatic heterocycles. The van der Waals surface area contributed by atoms with Gasteiger partial charge in [-0.15, -0.1) is 0 Å². The molecular formula is C24H32I2N2. The molecule has 0 aliphatic carbocycles. The zero-order valence-corrected chi connectivity index (χ0v) is 22.2. The zero-order chi connectivity index (χ0) is 20.7. The van der Waals surface area contributed by atoms with Crippen LogP contribution in [0.1, 0.15) is 62.8 Å². The molecular weight excluding hydrogens is 570 g/mol. The Hall–Kier alpha value is -0.500. The summed E-state index contributed by atoms with van der Waals surface area (Å²) in [4.78, 5) is 0. The third kappa shape index (κ3) is 4.63. The van der Waals surface area contributed by atoms with E-state index in [-0.39, 0.29) is 0 Å². The van der Waals surface area contributed by atoms with Gasteiger partial charge in [0.1, 0.15) is 0 Å². The van der Waals surface area contributed by atoms with E-state index in [9.17, 15) is 0 Å². The molecule has 0 radical (unpaired) electrons. The molecule has 2 aliphatic heterocycles. The Morgan fingerprint density at radius 3 is 1.39 bits per heavy atom. The van der Waals surface area contributed by atoms with Gasteiger partial charge in [-0.05, 0) is 129 Å². The van der Waals surface area contributed by atoms with Gasteiger partial charge in [-0.25, -0.2) is 0 Å². The first-order valence-electron chi connectivity index (χ1n) is 10.1. The number of halogens is 2. The summed E-state index contributed by atoms with van der Waals surface area (Å²) >= 11 is 4.80. The molecule has 2 aromatic carbocycles. The lowest BCUT2D eigenvalue weighted by Crippen LogP contribution is -2.28. The number of benzene rings is 2. The number of fused-ring (bicyclic) bond motifs is 2. The molecule has 0 saturated heterocycles. The van der Waals surface area contributed by atoms with Crippen LogP contribution in [0.5, 0.6) is 0 Å². The molecule has 0 amide bonds. The molecule has 0 unspecified atom stereocenters. The van der Waals surface area contributed by atoms with Crippen molar-refractivity contribution in [2.75, 3.05) is 23.7 Å². The molecule has 2 aromatic rings. The van der Waals surface area contributed by atoms with Crippen molar-refractivity contribution < 1.29 is 0 Å². The smallest absolute Gasteiger partial charge is 0.0408 e. The average Bonchev–Trinajstić information content (AvgIpc) is 2.57. The van der Waals surface area contributed by atoms with Crippen molar-refractivity contribution in [2.24, 2.45) is 0 Å². The largest absolute Gasteiger partial charge is 0.385 e. The minimum absolute atomic E-state index is 0.326. The fourth-order valence-corrected chi connectivity index (χ4v) is 5.85. The van der Waals surface area contributed by atoms with Gasteiger partial charge in [0.2, 0.25) is 0 Å². The Morgan fingerprint density at radius 2 is 1.04 bits per heavy atom. The van der Waals surface area contributed by atoms with Crippen molar-refractivity contribution in [3.8, 4) is 0 Å². The predicted octanol–water partition coefficient (Wildman–Crippen LogP) is 7.39. The van der Waals surface area contributed by atoms with Crippen LogP contribution in [0.25, 0.3) is 0 Å². The van der Waals surface area contributed by atoms with Crippen LogP contribution in [0, 0.1) is 21.0 Å². The first kappa shape index (κ1) is 22.2. The molecule has 152 valence electrons. The molecule has 4 heteroatoms. The van der Waals surface area contributed by atoms with Gasteiger partial charge in [-0.2, -0.15) is 0 Å². The SMILES string of the molecule is Cc1cc(I)cc2c1NCCC2(C)C.Cc1cc(I)cc2c1NCCC2(C)C. The van der Waals surface area contributed by atoms with Crippen molar-refractivity contribution in [3.63, 3.8) is 0 Å². The highest BCUT2D eigenvalue weighted by Crippen LogP contribution is 2.40. The molecule has 28 heavy (non-hydrogen) atoms. The molecule has 2 aliphatic rings. The summed E-state index contributed by atoms with van der Waals surface area (Å²) in [5.41, 5.74) is 9.09. The Kier molecular flexibility index (Phi) is 6.60. The van der Waals surface area contributed by atoms with E-state index in [2.05, 4.69) is 122 Å². The minimum atomic E-state index is 0.326. The third-order valence-corrected chi connectivity index (χ3v) is 7.41. The van der Waals surface area contributed by atoms with Crippen LogP contribution < -0.4 is 10.6 Å². The van der Waals surface area contributed by atoms with Crippen LogP contribution in [0.3, 0.4) is 0 Å². The van der Waals surface area contributed by atoms with Crippen molar-refractivity contribution in [3.05, 3.63) is 53.7 Å². The van der Waals surface area contributed by atoms with Gasteiger partial charge in [0.05, 0.1) is 0 Å². The van der Waals surface area contributed by atoms with Crippen molar-refractivity contribution >= 4 is 56.6 Å². The molecule has 2 N–H and O–H groups in total. The standard InChI is InChI=1S/2C12H16IN/c2*1-8-6-9(13)7-10-11(8)14-5-4-12(10,2)3/h2*6-7,14H,4-5H2,1-3H3. The summed E-state index contributed by atoms with van der Waals surface area (Å²) < 4.78 is 2.69. The van der Waals surface area contributed by atoms with Crippen LogP contribution in [-0.2, 0) is 10.8 Å². The predicted molar refractivity (Wildman–Crippen MR) is 140 cm³/mol. The fourth-order valence-electron chi connectivity index (χ4n) is 4.29. The van der Waals surface area contributed by atoms with E-state index in [1.165, 1.54) is 53.6 Å². The quantitative estimate of drug-likeness (QED) is 0.308. The summed E-state index contributed by atoms with van der Waals surface area (Å²) in [7, 11) is 0. The number of hydrogen-bond donors (Lipinski definition) is 2. The van der Waals surface area contributed by atoms with Crippen molar-refractivity contribution in [2.45, 2.75) is 65.2 Å². The van der Waals surface area contributed by atoms with E-state index in [1.54, 1.807) is 0 Å². The number of hydrogen-bond acceptors (Lipinski definition) is 2. The maximum absolute atomic E-state index is 3.51. The molecule has 2 heterocycles. The van der Waals surface area contributed by atoms with Crippen LogP contribution in [-0.4, -0.2) is 13.1 Å². The van der Waals surface area contributed by atoms with Crippen LogP contribution in [0.15, 0.2) is 24.3 Å². The van der Waals surface area contributed by atoms with Crippen molar-refractivity contribution in [1.29, 1.82) is 0 Å². The van der Waals surface area contributed by atoms with Crippen LogP contribution in [0.2, 0.25) is 0 Å². The Morgan fingerprint density at radius 1 is 0.679 bits per heavy atom. The summed E-state index contributed by atoms with van der Waals surface area (Å²) in [6.45, 7) is 15.9. The van der Waals surface area contributed by atoms with Gasteiger partial charge in [0.25, 0.3) is 0 Å². The number of aryl methyl sites for hydroxylation is 2. The topological polar surface area (TPSA) is 24.1 Å². The maximum atomic E-state index is 3.51. The first-order valence-corrected chi connectivity index (χ1v) is 12.3. The zero-order valence-electron chi connectivity index (χ0n) is 17.9. The molecule has 0 atom stereocenters. The van der Waals surface area contributed by atoms with Gasteiger partial charge in [-0.3, -0.25) is 0 Å². The van der Waals surface area contributed by atoms with Crippen molar-refractivity contribution in [1.82, 2.24) is 0 Å². The molecule has 0 saturated carbocycles. The molecule has 0 bridgehead atoms. The lowest BCUT2D eigenvalue weighted by molar-refractivity contribution is 0.481. The molecule has 0 fully saturated rings. The summed E-state index contributed by atoms with van der Waals surface area (Å²) in [5, 5.41) is 7.02. The minimum Gasteiger partial charge on any atom is -0.385 e. The third-order valence-electron chi connectivity index (χ3n) is 6.16. The van der Waals surface area contributed by atoms with E-state index >= 15 is 0 Å². The van der Waals surface area contributed by atoms with E-state index in [4.69, 9.17) is 0 Å². The van der Waals surface area contributed by atoms with Gasteiger partial charge < -0.3 is 10.6 Å². The second kappa shape index (κ2) is 8.32. The van der Waals surface area contributed by atoms with E-state index in [1.807, 2.05) is 0 Å². The average molecular weight is 602 g/mol. The fraction of sp³-hybridized carbons (Fsp3) is 0.500.